The van der Waals surface area contributed by atoms with Crippen molar-refractivity contribution in [3.8, 4) is 0 Å². The Labute approximate surface area is 70.2 Å². The Morgan fingerprint density at radius 3 is 0.667 bits per heavy atom. The van der Waals surface area contributed by atoms with Crippen molar-refractivity contribution in [2.45, 2.75) is 7.43 Å². The summed E-state index contributed by atoms with van der Waals surface area (Å²) in [6.45, 7) is 0. The maximum Gasteiger partial charge on any atom is 0.394 e. The highest BCUT2D eigenvalue weighted by atomic mass is 32.3. The molecule has 0 bridgehead atoms. The lowest BCUT2D eigenvalue weighted by Crippen LogP contribution is -1.89. The van der Waals surface area contributed by atoms with Crippen molar-refractivity contribution in [3.05, 3.63) is 0 Å². The second kappa shape index (κ2) is 7.35. The Morgan fingerprint density at radius 1 is 0.667 bits per heavy atom. The highest BCUT2D eigenvalue weighted by molar-refractivity contribution is 7.80. The van der Waals surface area contributed by atoms with Crippen molar-refractivity contribution in [2.75, 3.05) is 0 Å². The van der Waals surface area contributed by atoms with Crippen LogP contribution in [-0.4, -0.2) is 35.0 Å². The lowest BCUT2D eigenvalue weighted by atomic mass is 12.0. The van der Waals surface area contributed by atoms with Crippen LogP contribution in [0.1, 0.15) is 7.43 Å². The Balaban J connectivity index is -0.0000000457. The van der Waals surface area contributed by atoms with Crippen molar-refractivity contribution in [1.29, 1.82) is 0 Å². The van der Waals surface area contributed by atoms with Crippen LogP contribution in [0.15, 0.2) is 0 Å². The van der Waals surface area contributed by atoms with Crippen LogP contribution in [0.25, 0.3) is 0 Å². The minimum atomic E-state index is -4.67. The molecule has 0 aliphatic carbocycles. The molecule has 0 aromatic rings. The predicted octanol–water partition coefficient (Wildman–Crippen LogP) is -0.507. The first-order chi connectivity index (χ1) is 4.00. The van der Waals surface area contributed by atoms with Crippen molar-refractivity contribution < 1.29 is 35.0 Å². The van der Waals surface area contributed by atoms with Crippen LogP contribution in [0.4, 0.5) is 0 Å². The van der Waals surface area contributed by atoms with Gasteiger partial charge in [-0.2, -0.15) is 16.8 Å². The first-order valence-corrected chi connectivity index (χ1v) is 4.19. The summed E-state index contributed by atoms with van der Waals surface area (Å²) in [7, 11) is -9.33. The van der Waals surface area contributed by atoms with E-state index in [9.17, 15) is 0 Å². The second-order valence-corrected chi connectivity index (χ2v) is 2.69. The van der Waals surface area contributed by atoms with Gasteiger partial charge < -0.3 is 6.15 Å². The van der Waals surface area contributed by atoms with Crippen LogP contribution in [0.3, 0.4) is 0 Å². The van der Waals surface area contributed by atoms with Crippen LogP contribution in [-0.2, 0) is 20.8 Å². The smallest absolute Gasteiger partial charge is 0.344 e. The van der Waals surface area contributed by atoms with Gasteiger partial charge in [0.05, 0.1) is 0 Å². The van der Waals surface area contributed by atoms with Gasteiger partial charge in [0.15, 0.2) is 0 Å². The van der Waals surface area contributed by atoms with E-state index >= 15 is 0 Å². The molecule has 0 unspecified atom stereocenters. The fourth-order valence-electron chi connectivity index (χ4n) is 0. The van der Waals surface area contributed by atoms with Crippen molar-refractivity contribution in [2.24, 2.45) is 0 Å². The molecular formula is CH11NO8S2. The average molecular weight is 229 g/mol. The molecule has 0 saturated carbocycles. The van der Waals surface area contributed by atoms with E-state index in [1.165, 1.54) is 0 Å². The average Bonchev–Trinajstić information content (AvgIpc) is 1.12. The maximum absolute atomic E-state index is 8.74. The van der Waals surface area contributed by atoms with Gasteiger partial charge in [-0.1, -0.05) is 7.43 Å². The number of hydrogen-bond acceptors (Lipinski definition) is 5. The van der Waals surface area contributed by atoms with Crippen molar-refractivity contribution in [1.82, 2.24) is 6.15 Å². The van der Waals surface area contributed by atoms with E-state index in [0.29, 0.717) is 0 Å². The minimum absolute atomic E-state index is 0. The van der Waals surface area contributed by atoms with Gasteiger partial charge in [-0.05, 0) is 0 Å². The Kier molecular flexibility index (Phi) is 13.8. The van der Waals surface area contributed by atoms with E-state index in [1.54, 1.807) is 0 Å². The zero-order chi connectivity index (χ0) is 9.00. The predicted molar refractivity (Wildman–Crippen MR) is 40.1 cm³/mol. The third kappa shape index (κ3) is 8160. The van der Waals surface area contributed by atoms with Crippen LogP contribution in [0.2, 0.25) is 0 Å². The van der Waals surface area contributed by atoms with Crippen LogP contribution >= 0.6 is 0 Å². The van der Waals surface area contributed by atoms with Crippen molar-refractivity contribution in [3.63, 3.8) is 0 Å². The molecule has 0 spiro atoms. The second-order valence-electron chi connectivity index (χ2n) is 0.896. The number of rotatable bonds is 0. The summed E-state index contributed by atoms with van der Waals surface area (Å²) in [5.41, 5.74) is 0. The summed E-state index contributed by atoms with van der Waals surface area (Å²) >= 11 is 0. The van der Waals surface area contributed by atoms with Gasteiger partial charge in [-0.25, -0.2) is 0 Å². The van der Waals surface area contributed by atoms with Gasteiger partial charge in [-0.15, -0.1) is 0 Å². The zero-order valence-electron chi connectivity index (χ0n) is 4.95. The maximum atomic E-state index is 8.74. The van der Waals surface area contributed by atoms with Gasteiger partial charge in [0.1, 0.15) is 0 Å². The summed E-state index contributed by atoms with van der Waals surface area (Å²) in [6, 6.07) is 0. The molecule has 0 amide bonds. The van der Waals surface area contributed by atoms with E-state index in [2.05, 4.69) is 0 Å². The van der Waals surface area contributed by atoms with Gasteiger partial charge >= 0.3 is 20.8 Å². The molecule has 0 heterocycles. The highest BCUT2D eigenvalue weighted by Crippen LogP contribution is 1.59. The quantitative estimate of drug-likeness (QED) is 0.341. The summed E-state index contributed by atoms with van der Waals surface area (Å²) in [5.74, 6) is 0. The zero-order valence-corrected chi connectivity index (χ0v) is 6.58. The summed E-state index contributed by atoms with van der Waals surface area (Å²) < 4.78 is 63.2. The molecule has 11 heteroatoms. The normalized spacial score (nSPS) is 9.67. The van der Waals surface area contributed by atoms with E-state index in [1.807, 2.05) is 0 Å². The minimum Gasteiger partial charge on any atom is -0.344 e. The van der Waals surface area contributed by atoms with Crippen LogP contribution < -0.4 is 6.15 Å². The molecule has 0 aliphatic heterocycles. The van der Waals surface area contributed by atoms with Crippen LogP contribution in [0, 0.1) is 0 Å². The lowest BCUT2D eigenvalue weighted by molar-refractivity contribution is 0.378. The molecule has 7 N–H and O–H groups in total. The number of hydrogen-bond donors (Lipinski definition) is 5. The molecule has 80 valence electrons. The highest BCUT2D eigenvalue weighted by Gasteiger charge is 1.85. The molecule has 12 heavy (non-hydrogen) atoms. The first kappa shape index (κ1) is 22.6. The SMILES string of the molecule is C.N.O=S(=O)(O)O.O=S(=O)(O)O. The molecule has 0 fully saturated rings. The van der Waals surface area contributed by atoms with Crippen LogP contribution in [0.5, 0.6) is 0 Å². The van der Waals surface area contributed by atoms with Crippen molar-refractivity contribution >= 4 is 20.8 Å². The molecule has 0 aliphatic rings. The van der Waals surface area contributed by atoms with Gasteiger partial charge in [0.25, 0.3) is 0 Å². The van der Waals surface area contributed by atoms with Gasteiger partial charge in [0.2, 0.25) is 0 Å². The summed E-state index contributed by atoms with van der Waals surface area (Å²) in [5, 5.41) is 0. The van der Waals surface area contributed by atoms with Gasteiger partial charge in [0, 0.05) is 0 Å². The Hall–Kier alpha value is -0.300. The fraction of sp³-hybridized carbons (Fsp3) is 1.00. The molecular weight excluding hydrogens is 218 g/mol. The lowest BCUT2D eigenvalue weighted by Gasteiger charge is -1.68. The van der Waals surface area contributed by atoms with Gasteiger partial charge in [-0.3, -0.25) is 18.2 Å². The Morgan fingerprint density at radius 2 is 0.667 bits per heavy atom. The monoisotopic (exact) mass is 229 g/mol. The third-order valence-electron chi connectivity index (χ3n) is 0. The topological polar surface area (TPSA) is 184 Å². The van der Waals surface area contributed by atoms with E-state index < -0.39 is 20.8 Å². The molecule has 0 saturated heterocycles. The third-order valence-corrected chi connectivity index (χ3v) is 0. The molecule has 0 aromatic heterocycles. The van der Waals surface area contributed by atoms with E-state index in [4.69, 9.17) is 35.0 Å². The largest absolute Gasteiger partial charge is 0.394 e. The molecule has 0 atom stereocenters. The molecule has 9 nitrogen and oxygen atoms in total. The molecule has 0 aromatic carbocycles. The fourth-order valence-corrected chi connectivity index (χ4v) is 0. The first-order valence-electron chi connectivity index (χ1n) is 1.40. The van der Waals surface area contributed by atoms with E-state index in [-0.39, 0.29) is 13.6 Å². The molecule has 0 radical (unpaired) electrons. The summed E-state index contributed by atoms with van der Waals surface area (Å²) in [6.07, 6.45) is 0. The Bertz CT molecular complexity index is 213. The molecule has 0 rings (SSSR count). The summed E-state index contributed by atoms with van der Waals surface area (Å²) in [4.78, 5) is 0. The standard InChI is InChI=1S/CH4.H3N.2H2O4S/c;;2*1-5(2,3)4/h1H4;1H3;2*(H2,1,2,3,4). The van der Waals surface area contributed by atoms with E-state index in [0.717, 1.165) is 0 Å².